The van der Waals surface area contributed by atoms with Gasteiger partial charge in [-0.3, -0.25) is 9.91 Å². The van der Waals surface area contributed by atoms with E-state index in [0.29, 0.717) is 0 Å². The molecule has 1 saturated heterocycles. The third kappa shape index (κ3) is 4.80. The first-order valence-corrected chi connectivity index (χ1v) is 8.88. The smallest absolute Gasteiger partial charge is 0.0543 e. The Morgan fingerprint density at radius 3 is 2.57 bits per heavy atom. The van der Waals surface area contributed by atoms with Gasteiger partial charge in [-0.2, -0.15) is 5.10 Å². The molecule has 0 atom stereocenters. The first-order chi connectivity index (χ1) is 11.2. The lowest BCUT2D eigenvalue weighted by Crippen LogP contribution is -2.43. The van der Waals surface area contributed by atoms with Gasteiger partial charge in [-0.25, -0.2) is 0 Å². The lowest BCUT2D eigenvalue weighted by Gasteiger charge is -2.33. The summed E-state index contributed by atoms with van der Waals surface area (Å²) in [6, 6.07) is 16.2. The van der Waals surface area contributed by atoms with Crippen molar-refractivity contribution in [3.63, 3.8) is 0 Å². The minimum Gasteiger partial charge on any atom is -0.295 e. The summed E-state index contributed by atoms with van der Waals surface area (Å²) in [6.07, 6.45) is 1.93. The van der Waals surface area contributed by atoms with Crippen LogP contribution < -0.4 is 0 Å². The molecule has 0 unspecified atom stereocenters. The highest BCUT2D eigenvalue weighted by Crippen LogP contribution is 2.18. The third-order valence-corrected chi connectivity index (χ3v) is 4.78. The second-order valence-electron chi connectivity index (χ2n) is 5.62. The molecule has 2 aromatic carbocycles. The van der Waals surface area contributed by atoms with Crippen LogP contribution in [0.2, 0.25) is 5.02 Å². The van der Waals surface area contributed by atoms with Crippen LogP contribution in [-0.2, 0) is 6.54 Å². The molecule has 0 aliphatic carbocycles. The molecule has 0 radical (unpaired) electrons. The van der Waals surface area contributed by atoms with Gasteiger partial charge in [0.05, 0.1) is 6.21 Å². The minimum absolute atomic E-state index is 0.850. The van der Waals surface area contributed by atoms with Crippen LogP contribution in [-0.4, -0.2) is 42.3 Å². The molecule has 1 aliphatic heterocycles. The summed E-state index contributed by atoms with van der Waals surface area (Å²) in [7, 11) is 0. The van der Waals surface area contributed by atoms with Gasteiger partial charge in [-0.1, -0.05) is 57.9 Å². The molecule has 0 spiro atoms. The molecule has 1 aliphatic rings. The van der Waals surface area contributed by atoms with Crippen LogP contribution in [0.5, 0.6) is 0 Å². The number of piperazine rings is 1. The maximum atomic E-state index is 6.24. The molecule has 2 aromatic rings. The van der Waals surface area contributed by atoms with Crippen molar-refractivity contribution >= 4 is 33.7 Å². The molecular weight excluding hydrogens is 374 g/mol. The monoisotopic (exact) mass is 391 g/mol. The van der Waals surface area contributed by atoms with E-state index >= 15 is 0 Å². The first kappa shape index (κ1) is 16.5. The maximum absolute atomic E-state index is 6.24. The van der Waals surface area contributed by atoms with Gasteiger partial charge in [0.25, 0.3) is 0 Å². The van der Waals surface area contributed by atoms with E-state index in [1.807, 2.05) is 36.5 Å². The van der Waals surface area contributed by atoms with E-state index in [2.05, 4.69) is 49.1 Å². The average Bonchev–Trinajstić information content (AvgIpc) is 2.56. The highest BCUT2D eigenvalue weighted by Gasteiger charge is 2.16. The molecule has 3 rings (SSSR count). The fourth-order valence-electron chi connectivity index (χ4n) is 2.61. The quantitative estimate of drug-likeness (QED) is 0.724. The van der Waals surface area contributed by atoms with Crippen molar-refractivity contribution in [3.8, 4) is 0 Å². The Morgan fingerprint density at radius 2 is 1.83 bits per heavy atom. The lowest BCUT2D eigenvalue weighted by atomic mass is 10.2. The van der Waals surface area contributed by atoms with Crippen LogP contribution in [0.25, 0.3) is 0 Å². The van der Waals surface area contributed by atoms with Crippen molar-refractivity contribution in [2.75, 3.05) is 26.2 Å². The second kappa shape index (κ2) is 7.95. The SMILES string of the molecule is Clc1ccccc1CN1CCN(/N=C/c2cccc(Br)c2)CC1. The van der Waals surface area contributed by atoms with Crippen molar-refractivity contribution in [1.29, 1.82) is 0 Å². The van der Waals surface area contributed by atoms with Crippen LogP contribution in [0.3, 0.4) is 0 Å². The van der Waals surface area contributed by atoms with Crippen molar-refractivity contribution in [3.05, 3.63) is 69.2 Å². The van der Waals surface area contributed by atoms with Crippen LogP contribution >= 0.6 is 27.5 Å². The van der Waals surface area contributed by atoms with E-state index < -0.39 is 0 Å². The zero-order valence-corrected chi connectivity index (χ0v) is 15.2. The highest BCUT2D eigenvalue weighted by atomic mass is 79.9. The number of benzene rings is 2. The highest BCUT2D eigenvalue weighted by molar-refractivity contribution is 9.10. The number of rotatable bonds is 4. The zero-order chi connectivity index (χ0) is 16.1. The standard InChI is InChI=1S/C18H19BrClN3/c19-17-6-3-4-15(12-17)13-21-23-10-8-22(9-11-23)14-16-5-1-2-7-18(16)20/h1-7,12-13H,8-11,14H2/b21-13+. The summed E-state index contributed by atoms with van der Waals surface area (Å²) in [5.74, 6) is 0. The Labute approximate surface area is 150 Å². The molecule has 5 heteroatoms. The summed E-state index contributed by atoms with van der Waals surface area (Å²) in [4.78, 5) is 2.42. The Kier molecular flexibility index (Phi) is 5.70. The van der Waals surface area contributed by atoms with Crippen molar-refractivity contribution < 1.29 is 0 Å². The second-order valence-corrected chi connectivity index (χ2v) is 6.94. The van der Waals surface area contributed by atoms with Gasteiger partial charge in [0.15, 0.2) is 0 Å². The molecule has 120 valence electrons. The van der Waals surface area contributed by atoms with Crippen molar-refractivity contribution in [1.82, 2.24) is 9.91 Å². The zero-order valence-electron chi connectivity index (χ0n) is 12.8. The summed E-state index contributed by atoms with van der Waals surface area (Å²) in [5, 5.41) is 7.57. The van der Waals surface area contributed by atoms with E-state index in [1.54, 1.807) is 0 Å². The summed E-state index contributed by atoms with van der Waals surface area (Å²) in [6.45, 7) is 4.79. The molecule has 23 heavy (non-hydrogen) atoms. The largest absolute Gasteiger partial charge is 0.295 e. The Morgan fingerprint density at radius 1 is 1.04 bits per heavy atom. The fraction of sp³-hybridized carbons (Fsp3) is 0.278. The number of hydrogen-bond acceptors (Lipinski definition) is 3. The van der Waals surface area contributed by atoms with E-state index in [-0.39, 0.29) is 0 Å². The van der Waals surface area contributed by atoms with Gasteiger partial charge < -0.3 is 0 Å². The predicted molar refractivity (Wildman–Crippen MR) is 100 cm³/mol. The molecular formula is C18H19BrClN3. The number of halogens is 2. The summed E-state index contributed by atoms with van der Waals surface area (Å²) >= 11 is 9.72. The van der Waals surface area contributed by atoms with Crippen LogP contribution in [0.1, 0.15) is 11.1 Å². The molecule has 3 nitrogen and oxygen atoms in total. The van der Waals surface area contributed by atoms with E-state index in [0.717, 1.165) is 47.8 Å². The van der Waals surface area contributed by atoms with Crippen LogP contribution in [0.4, 0.5) is 0 Å². The van der Waals surface area contributed by atoms with E-state index in [9.17, 15) is 0 Å². The molecule has 0 amide bonds. The first-order valence-electron chi connectivity index (χ1n) is 7.71. The lowest BCUT2D eigenvalue weighted by molar-refractivity contribution is 0.131. The fourth-order valence-corrected chi connectivity index (χ4v) is 3.23. The van der Waals surface area contributed by atoms with Crippen molar-refractivity contribution in [2.24, 2.45) is 5.10 Å². The number of hydrazone groups is 1. The Bertz CT molecular complexity index is 681. The predicted octanol–water partition coefficient (Wildman–Crippen LogP) is 4.25. The van der Waals surface area contributed by atoms with Crippen LogP contribution in [0.15, 0.2) is 58.1 Å². The Hall–Kier alpha value is -1.36. The molecule has 1 heterocycles. The van der Waals surface area contributed by atoms with Gasteiger partial charge in [0, 0.05) is 42.2 Å². The molecule has 0 bridgehead atoms. The minimum atomic E-state index is 0.850. The molecule has 1 fully saturated rings. The third-order valence-electron chi connectivity index (χ3n) is 3.92. The summed E-state index contributed by atoms with van der Waals surface area (Å²) in [5.41, 5.74) is 2.30. The number of hydrogen-bond donors (Lipinski definition) is 0. The molecule has 0 aromatic heterocycles. The van der Waals surface area contributed by atoms with Gasteiger partial charge in [0.2, 0.25) is 0 Å². The topological polar surface area (TPSA) is 18.8 Å². The van der Waals surface area contributed by atoms with Gasteiger partial charge in [0.1, 0.15) is 0 Å². The van der Waals surface area contributed by atoms with Crippen LogP contribution in [0, 0.1) is 0 Å². The molecule has 0 N–H and O–H groups in total. The van der Waals surface area contributed by atoms with E-state index in [1.165, 1.54) is 5.56 Å². The van der Waals surface area contributed by atoms with Crippen molar-refractivity contribution in [2.45, 2.75) is 6.54 Å². The normalized spacial score (nSPS) is 16.2. The van der Waals surface area contributed by atoms with Gasteiger partial charge in [-0.05, 0) is 29.3 Å². The van der Waals surface area contributed by atoms with E-state index in [4.69, 9.17) is 11.6 Å². The van der Waals surface area contributed by atoms with Gasteiger partial charge >= 0.3 is 0 Å². The average molecular weight is 393 g/mol. The van der Waals surface area contributed by atoms with Gasteiger partial charge in [-0.15, -0.1) is 0 Å². The Balaban J connectivity index is 1.51. The summed E-state index contributed by atoms with van der Waals surface area (Å²) < 4.78 is 1.08. The number of nitrogens with zero attached hydrogens (tertiary/aromatic N) is 3. The maximum Gasteiger partial charge on any atom is 0.0543 e. The molecule has 0 saturated carbocycles.